The molecule has 200 valence electrons. The highest BCUT2D eigenvalue weighted by Gasteiger charge is 2.24. The number of benzene rings is 3. The van der Waals surface area contributed by atoms with Gasteiger partial charge in [-0.15, -0.1) is 0 Å². The number of aromatic nitrogens is 3. The Labute approximate surface area is 237 Å². The van der Waals surface area contributed by atoms with E-state index in [1.165, 1.54) is 17.5 Å². The van der Waals surface area contributed by atoms with Crippen LogP contribution in [0.5, 0.6) is 0 Å². The molecule has 1 aliphatic rings. The third-order valence-electron chi connectivity index (χ3n) is 7.15. The van der Waals surface area contributed by atoms with Gasteiger partial charge in [0.25, 0.3) is 5.91 Å². The first kappa shape index (κ1) is 25.8. The minimum Gasteiger partial charge on any atom is -0.399 e. The Morgan fingerprint density at radius 1 is 1.00 bits per heavy atom. The number of carbonyl (C=O) groups excluding carboxylic acids is 1. The molecule has 2 aromatic heterocycles. The molecule has 1 atom stereocenters. The summed E-state index contributed by atoms with van der Waals surface area (Å²) in [6, 6.07) is 25.8. The normalized spacial score (nSPS) is 14.3. The highest BCUT2D eigenvalue weighted by atomic mass is 32.2. The number of rotatable bonds is 7. The van der Waals surface area contributed by atoms with Gasteiger partial charge >= 0.3 is 0 Å². The van der Waals surface area contributed by atoms with E-state index in [2.05, 4.69) is 52.6 Å². The Morgan fingerprint density at radius 3 is 2.65 bits per heavy atom. The van der Waals surface area contributed by atoms with Crippen molar-refractivity contribution >= 4 is 45.9 Å². The van der Waals surface area contributed by atoms with Crippen molar-refractivity contribution in [2.75, 3.05) is 11.1 Å². The molecule has 8 heteroatoms. The van der Waals surface area contributed by atoms with E-state index in [1.807, 2.05) is 60.7 Å². The second-order valence-electron chi connectivity index (χ2n) is 10.3. The van der Waals surface area contributed by atoms with Crippen LogP contribution in [0, 0.1) is 0 Å². The van der Waals surface area contributed by atoms with Crippen LogP contribution in [0.3, 0.4) is 0 Å². The summed E-state index contributed by atoms with van der Waals surface area (Å²) in [7, 11) is 0. The number of nitrogens with two attached hydrogens (primary N) is 1. The molecule has 0 spiro atoms. The van der Waals surface area contributed by atoms with E-state index in [9.17, 15) is 4.79 Å². The van der Waals surface area contributed by atoms with Crippen LogP contribution in [0.25, 0.3) is 11.0 Å². The van der Waals surface area contributed by atoms with Gasteiger partial charge in [0.2, 0.25) is 0 Å². The standard InChI is InChI=1S/C32H30N6OS/c1-19(2)26-15-13-25-30(36-26)34-18-35-31(25)37-28-17-21(8-16-29(28)40-23-11-9-22(33)10-12-23)32(39)38-27-14-7-20-5-3-4-6-24(20)27/h3-6,8-13,15-19,27H,7,14,33H2,1-2H3,(H,38,39)(H,34,35,36,37). The van der Waals surface area contributed by atoms with Gasteiger partial charge in [0.1, 0.15) is 12.1 Å². The van der Waals surface area contributed by atoms with E-state index >= 15 is 0 Å². The fourth-order valence-corrected chi connectivity index (χ4v) is 5.86. The highest BCUT2D eigenvalue weighted by molar-refractivity contribution is 7.99. The lowest BCUT2D eigenvalue weighted by molar-refractivity contribution is 0.0936. The van der Waals surface area contributed by atoms with Crippen molar-refractivity contribution in [3.05, 3.63) is 108 Å². The van der Waals surface area contributed by atoms with Gasteiger partial charge in [-0.2, -0.15) is 0 Å². The van der Waals surface area contributed by atoms with E-state index in [-0.39, 0.29) is 11.9 Å². The number of pyridine rings is 1. The van der Waals surface area contributed by atoms with Crippen molar-refractivity contribution in [2.24, 2.45) is 0 Å². The zero-order valence-electron chi connectivity index (χ0n) is 22.4. The summed E-state index contributed by atoms with van der Waals surface area (Å²) >= 11 is 1.59. The molecule has 4 N–H and O–H groups in total. The van der Waals surface area contributed by atoms with E-state index < -0.39 is 0 Å². The zero-order chi connectivity index (χ0) is 27.6. The van der Waals surface area contributed by atoms with Gasteiger partial charge in [-0.05, 0) is 84.5 Å². The van der Waals surface area contributed by atoms with Crippen LogP contribution in [0.1, 0.15) is 59.4 Å². The number of nitrogens with one attached hydrogen (secondary N) is 2. The Morgan fingerprint density at radius 2 is 1.82 bits per heavy atom. The van der Waals surface area contributed by atoms with Crippen LogP contribution in [0.2, 0.25) is 0 Å². The van der Waals surface area contributed by atoms with Crippen LogP contribution in [-0.4, -0.2) is 20.9 Å². The summed E-state index contributed by atoms with van der Waals surface area (Å²) in [4.78, 5) is 29.1. The van der Waals surface area contributed by atoms with Crippen molar-refractivity contribution in [2.45, 2.75) is 48.4 Å². The van der Waals surface area contributed by atoms with Gasteiger partial charge < -0.3 is 16.4 Å². The summed E-state index contributed by atoms with van der Waals surface area (Å²) in [6.07, 6.45) is 3.39. The summed E-state index contributed by atoms with van der Waals surface area (Å²) in [5, 5.41) is 7.54. The van der Waals surface area contributed by atoms with Gasteiger partial charge in [0, 0.05) is 26.7 Å². The van der Waals surface area contributed by atoms with Gasteiger partial charge in [-0.3, -0.25) is 4.79 Å². The molecule has 2 heterocycles. The molecule has 1 unspecified atom stereocenters. The molecule has 0 fully saturated rings. The molecule has 1 aliphatic carbocycles. The first-order valence-electron chi connectivity index (χ1n) is 13.4. The molecule has 6 rings (SSSR count). The van der Waals surface area contributed by atoms with Crippen LogP contribution in [0.4, 0.5) is 17.2 Å². The average Bonchev–Trinajstić information content (AvgIpc) is 3.37. The number of aryl methyl sites for hydroxylation is 1. The van der Waals surface area contributed by atoms with Crippen LogP contribution in [0.15, 0.2) is 95.0 Å². The van der Waals surface area contributed by atoms with Crippen molar-refractivity contribution in [1.82, 2.24) is 20.3 Å². The second-order valence-corrected chi connectivity index (χ2v) is 11.4. The monoisotopic (exact) mass is 546 g/mol. The minimum absolute atomic E-state index is 0.0102. The molecule has 3 aromatic carbocycles. The van der Waals surface area contributed by atoms with E-state index in [0.29, 0.717) is 28.6 Å². The van der Waals surface area contributed by atoms with Crippen LogP contribution >= 0.6 is 11.8 Å². The van der Waals surface area contributed by atoms with E-state index in [4.69, 9.17) is 10.7 Å². The molecule has 1 amide bonds. The van der Waals surface area contributed by atoms with Crippen molar-refractivity contribution < 1.29 is 4.79 Å². The van der Waals surface area contributed by atoms with Crippen LogP contribution < -0.4 is 16.4 Å². The SMILES string of the molecule is CC(C)c1ccc2c(Nc3cc(C(=O)NC4CCc5ccccc54)ccc3Sc3ccc(N)cc3)ncnc2n1. The fraction of sp³-hybridized carbons (Fsp3) is 0.188. The summed E-state index contributed by atoms with van der Waals surface area (Å²) < 4.78 is 0. The summed E-state index contributed by atoms with van der Waals surface area (Å²) in [5.74, 6) is 0.819. The summed E-state index contributed by atoms with van der Waals surface area (Å²) in [6.45, 7) is 4.21. The maximum absolute atomic E-state index is 13.4. The summed E-state index contributed by atoms with van der Waals surface area (Å²) in [5.41, 5.74) is 12.1. The van der Waals surface area contributed by atoms with Gasteiger partial charge in [-0.1, -0.05) is 49.9 Å². The molecule has 40 heavy (non-hydrogen) atoms. The topological polar surface area (TPSA) is 106 Å². The third-order valence-corrected chi connectivity index (χ3v) is 8.23. The lowest BCUT2D eigenvalue weighted by atomic mass is 10.1. The molecule has 0 bridgehead atoms. The van der Waals surface area contributed by atoms with Gasteiger partial charge in [0.15, 0.2) is 5.65 Å². The molecular formula is C32H30N6OS. The lowest BCUT2D eigenvalue weighted by Gasteiger charge is -2.17. The van der Waals surface area contributed by atoms with E-state index in [1.54, 1.807) is 11.8 Å². The third kappa shape index (κ3) is 5.35. The lowest BCUT2D eigenvalue weighted by Crippen LogP contribution is -2.27. The molecule has 0 aliphatic heterocycles. The smallest absolute Gasteiger partial charge is 0.251 e. The predicted octanol–water partition coefficient (Wildman–Crippen LogP) is 7.04. The minimum atomic E-state index is -0.107. The predicted molar refractivity (Wildman–Crippen MR) is 161 cm³/mol. The number of hydrogen-bond acceptors (Lipinski definition) is 7. The zero-order valence-corrected chi connectivity index (χ0v) is 23.2. The molecular weight excluding hydrogens is 516 g/mol. The average molecular weight is 547 g/mol. The van der Waals surface area contributed by atoms with E-state index in [0.717, 1.165) is 39.4 Å². The fourth-order valence-electron chi connectivity index (χ4n) is 4.98. The van der Waals surface area contributed by atoms with Crippen LogP contribution in [-0.2, 0) is 6.42 Å². The second kappa shape index (κ2) is 11.0. The quantitative estimate of drug-likeness (QED) is 0.188. The molecule has 5 aromatic rings. The largest absolute Gasteiger partial charge is 0.399 e. The van der Waals surface area contributed by atoms with Crippen molar-refractivity contribution in [1.29, 1.82) is 0 Å². The van der Waals surface area contributed by atoms with Crippen molar-refractivity contribution in [3.63, 3.8) is 0 Å². The van der Waals surface area contributed by atoms with Crippen molar-refractivity contribution in [3.8, 4) is 0 Å². The van der Waals surface area contributed by atoms with Gasteiger partial charge in [0.05, 0.1) is 17.1 Å². The number of hydrogen-bond donors (Lipinski definition) is 3. The first-order chi connectivity index (χ1) is 19.4. The number of amides is 1. The highest BCUT2D eigenvalue weighted by Crippen LogP contribution is 2.37. The first-order valence-corrected chi connectivity index (χ1v) is 14.2. The number of anilines is 3. The van der Waals surface area contributed by atoms with Gasteiger partial charge in [-0.25, -0.2) is 15.0 Å². The Kier molecular flexibility index (Phi) is 7.09. The number of carbonyl (C=O) groups is 1. The Balaban J connectivity index is 1.34. The number of fused-ring (bicyclic) bond motifs is 2. The molecule has 0 saturated carbocycles. The maximum Gasteiger partial charge on any atom is 0.251 e. The Bertz CT molecular complexity index is 1700. The molecule has 7 nitrogen and oxygen atoms in total. The number of nitrogen functional groups attached to an aromatic ring is 1. The maximum atomic E-state index is 13.4. The molecule has 0 saturated heterocycles. The molecule has 0 radical (unpaired) electrons. The Hall–Kier alpha value is -4.43. The number of nitrogens with zero attached hydrogens (tertiary/aromatic N) is 3.